The number of ether oxygens (including phenoxy) is 8. The lowest BCUT2D eigenvalue weighted by Crippen LogP contribution is -2.33. The van der Waals surface area contributed by atoms with Crippen LogP contribution >= 0.6 is 12.2 Å². The van der Waals surface area contributed by atoms with Crippen molar-refractivity contribution < 1.29 is 81.4 Å². The number of amides is 1. The molecule has 0 fully saturated rings. The molecule has 1 atom stereocenters. The number of rotatable bonds is 28. The molecule has 0 saturated carbocycles. The smallest absolute Gasteiger partial charge is 0.340 e. The minimum Gasteiger partial charge on any atom is -0.481 e. The van der Waals surface area contributed by atoms with Crippen molar-refractivity contribution in [3.63, 3.8) is 0 Å². The lowest BCUT2D eigenvalue weighted by molar-refractivity contribution is -0.148. The fourth-order valence-corrected chi connectivity index (χ4v) is 9.99. The number of carboxylic acids is 1. The molecule has 466 valence electrons. The Morgan fingerprint density at radius 3 is 1.87 bits per heavy atom. The fourth-order valence-electron chi connectivity index (χ4n) is 9.76. The predicted octanol–water partition coefficient (Wildman–Crippen LogP) is 6.58. The number of benzene rings is 5. The van der Waals surface area contributed by atoms with Crippen molar-refractivity contribution in [3.8, 4) is 23.0 Å². The molecule has 27 heteroatoms. The highest BCUT2D eigenvalue weighted by atomic mass is 32.1. The number of carbonyl (C=O) groups is 8. The summed E-state index contributed by atoms with van der Waals surface area (Å²) < 4.78 is 43.7. The van der Waals surface area contributed by atoms with Gasteiger partial charge in [0.15, 0.2) is 27.7 Å². The van der Waals surface area contributed by atoms with Gasteiger partial charge in [-0.25, -0.2) is 14.8 Å². The molecule has 4 heterocycles. The van der Waals surface area contributed by atoms with E-state index < -0.39 is 58.8 Å². The number of Topliss-reactive ketones (excluding diaryl/α,β-unsaturated/α-hetero) is 1. The first-order valence-electron chi connectivity index (χ1n) is 28.2. The summed E-state index contributed by atoms with van der Waals surface area (Å²) in [6, 6.07) is 27.7. The van der Waals surface area contributed by atoms with Gasteiger partial charge in [-0.3, -0.25) is 43.3 Å². The molecule has 2 aliphatic heterocycles. The highest BCUT2D eigenvalue weighted by Gasteiger charge is 2.54. The number of methoxy groups -OCH3 is 2. The molecule has 1 amide bonds. The van der Waals surface area contributed by atoms with Crippen LogP contribution in [0.15, 0.2) is 114 Å². The van der Waals surface area contributed by atoms with Crippen LogP contribution in [0.2, 0.25) is 0 Å². The zero-order valence-corrected chi connectivity index (χ0v) is 49.4. The Labute approximate surface area is 518 Å². The number of nitrogen functional groups attached to an aromatic ring is 1. The van der Waals surface area contributed by atoms with Gasteiger partial charge >= 0.3 is 35.8 Å². The third-order valence-electron chi connectivity index (χ3n) is 14.3. The number of nitrogens with two attached hydrogens (primary N) is 1. The summed E-state index contributed by atoms with van der Waals surface area (Å²) in [6.45, 7) is 0.567. The topological polar surface area (TPSA) is 364 Å². The molecule has 2 aromatic heterocycles. The van der Waals surface area contributed by atoms with Crippen LogP contribution in [-0.4, -0.2) is 118 Å². The van der Waals surface area contributed by atoms with Crippen molar-refractivity contribution in [3.05, 3.63) is 164 Å². The molecule has 9 rings (SSSR count). The van der Waals surface area contributed by atoms with Crippen LogP contribution in [0.5, 0.6) is 23.0 Å². The number of carboxylic acid groups (broad SMARTS) is 1. The van der Waals surface area contributed by atoms with Crippen LogP contribution in [0.25, 0.3) is 11.2 Å². The molecule has 0 saturated heterocycles. The standard InChI is InChI=1S/C63H60N8O18S/c1-82-25-27-84-52(74)21-23-54(76)86-42-15-18-46-49(31-42)88-50-32-43(87-55(77)24-22-53(75)85-28-26-83-2)16-19-47(50)63(46)45-17-14-40(30-44(45)60(81)89-63)69-62(90)68-39-11-6-36(7-12-39)33-65-51(73)20-10-38(59(79)80)29-48(72)37-8-3-35(4-9-37)5-13-41-34-66-57-56(67-41)58(78)71-61(64)70-57/h3-4,6-9,11-12,14-19,30-32,34,38H,5,10,13,20-29,33H2,1-2H3,(H,65,73)(H,79,80)(H2,68,69,90)(H3,64,66,70,71,78). The Balaban J connectivity index is 0.790. The maximum absolute atomic E-state index is 14.1. The number of nitrogens with one attached hydrogen (secondary N) is 4. The number of aliphatic carboxylic acids is 1. The monoisotopic (exact) mass is 1250 g/mol. The van der Waals surface area contributed by atoms with Gasteiger partial charge in [-0.1, -0.05) is 42.5 Å². The predicted molar refractivity (Wildman–Crippen MR) is 324 cm³/mol. The molecule has 1 spiro atoms. The summed E-state index contributed by atoms with van der Waals surface area (Å²) in [5.41, 5.74) is 8.42. The summed E-state index contributed by atoms with van der Waals surface area (Å²) in [4.78, 5) is 130. The quantitative estimate of drug-likeness (QED) is 0.00753. The molecule has 0 radical (unpaired) electrons. The SMILES string of the molecule is COCCOC(=O)CCC(=O)Oc1ccc2c(c1)Oc1cc(OC(=O)CCC(=O)OCCOC)ccc1C21OC(=O)c2cc(NC(=S)Nc3ccc(CNC(=O)CCC(CC(=O)c4ccc(CCc5cnc6nc(N)[nH]c(=O)c6n5)cc4)C(=O)O)cc3)ccc21. The summed E-state index contributed by atoms with van der Waals surface area (Å²) in [7, 11) is 2.92. The zero-order chi connectivity index (χ0) is 63.9. The number of hydrogen-bond donors (Lipinski definition) is 6. The molecule has 0 bridgehead atoms. The van der Waals surface area contributed by atoms with Crippen molar-refractivity contribution in [2.75, 3.05) is 57.0 Å². The van der Waals surface area contributed by atoms with Gasteiger partial charge in [0.05, 0.1) is 62.3 Å². The van der Waals surface area contributed by atoms with Crippen LogP contribution in [0, 0.1) is 5.92 Å². The van der Waals surface area contributed by atoms with Gasteiger partial charge in [-0.2, -0.15) is 4.98 Å². The van der Waals surface area contributed by atoms with E-state index in [0.29, 0.717) is 52.2 Å². The summed E-state index contributed by atoms with van der Waals surface area (Å²) in [5, 5.41) is 19.1. The van der Waals surface area contributed by atoms with E-state index in [9.17, 15) is 48.3 Å². The molecule has 1 unspecified atom stereocenters. The first-order valence-corrected chi connectivity index (χ1v) is 28.6. The van der Waals surface area contributed by atoms with E-state index in [2.05, 4.69) is 35.9 Å². The third-order valence-corrected chi connectivity index (χ3v) is 14.5. The van der Waals surface area contributed by atoms with Crippen LogP contribution in [0.1, 0.15) is 99.2 Å². The lowest BCUT2D eigenvalue weighted by atomic mass is 9.77. The fraction of sp³-hybridized carbons (Fsp3) is 0.286. The van der Waals surface area contributed by atoms with Crippen LogP contribution in [0.3, 0.4) is 0 Å². The Morgan fingerprint density at radius 1 is 0.678 bits per heavy atom. The Bertz CT molecular complexity index is 3880. The molecule has 0 aliphatic carbocycles. The Hall–Kier alpha value is -10.5. The third kappa shape index (κ3) is 16.2. The first kappa shape index (κ1) is 64.0. The largest absolute Gasteiger partial charge is 0.481 e. The molecule has 5 aromatic carbocycles. The van der Waals surface area contributed by atoms with E-state index in [1.54, 1.807) is 78.9 Å². The van der Waals surface area contributed by atoms with Crippen molar-refractivity contribution >= 4 is 93.3 Å². The van der Waals surface area contributed by atoms with E-state index in [1.807, 2.05) is 0 Å². The number of hydrogen-bond acceptors (Lipinski definition) is 22. The van der Waals surface area contributed by atoms with Gasteiger partial charge in [0.2, 0.25) is 11.9 Å². The highest BCUT2D eigenvalue weighted by Crippen LogP contribution is 2.57. The Morgan fingerprint density at radius 2 is 1.26 bits per heavy atom. The molecule has 7 N–H and O–H groups in total. The molecular formula is C63H60N8O18S. The number of nitrogens with zero attached hydrogens (tertiary/aromatic N) is 3. The zero-order valence-electron chi connectivity index (χ0n) is 48.6. The maximum atomic E-state index is 14.1. The maximum Gasteiger partial charge on any atom is 0.340 e. The van der Waals surface area contributed by atoms with Gasteiger partial charge in [0.1, 0.15) is 36.2 Å². The minimum atomic E-state index is -1.64. The van der Waals surface area contributed by atoms with Gasteiger partial charge in [-0.15, -0.1) is 0 Å². The van der Waals surface area contributed by atoms with Gasteiger partial charge in [0, 0.05) is 79.4 Å². The second kappa shape index (κ2) is 29.5. The van der Waals surface area contributed by atoms with Crippen molar-refractivity contribution in [2.24, 2.45) is 5.92 Å². The van der Waals surface area contributed by atoms with Crippen molar-refractivity contribution in [2.45, 2.75) is 69.9 Å². The van der Waals surface area contributed by atoms with Crippen LogP contribution in [-0.2, 0) is 77.4 Å². The number of aromatic nitrogens is 4. The van der Waals surface area contributed by atoms with Gasteiger partial charge < -0.3 is 64.7 Å². The van der Waals surface area contributed by atoms with Gasteiger partial charge in [0.25, 0.3) is 5.56 Å². The van der Waals surface area contributed by atoms with E-state index in [1.165, 1.54) is 44.7 Å². The minimum absolute atomic E-state index is 0.0252. The number of H-pyrrole nitrogens is 1. The Kier molecular flexibility index (Phi) is 20.9. The van der Waals surface area contributed by atoms with E-state index in [0.717, 1.165) is 11.1 Å². The first-order chi connectivity index (χ1) is 43.4. The van der Waals surface area contributed by atoms with Gasteiger partial charge in [-0.05, 0) is 91.1 Å². The number of thiocarbonyl (C=S) groups is 1. The van der Waals surface area contributed by atoms with E-state index in [-0.39, 0.29) is 134 Å². The number of fused-ring (bicyclic) bond motifs is 7. The number of anilines is 3. The summed E-state index contributed by atoms with van der Waals surface area (Å²) in [6.07, 6.45) is 0.902. The van der Waals surface area contributed by atoms with Crippen LogP contribution in [0.4, 0.5) is 17.3 Å². The number of esters is 5. The number of ketones is 1. The average molecular weight is 1250 g/mol. The summed E-state index contributed by atoms with van der Waals surface area (Å²) in [5.74, 6) is -6.25. The second-order valence-electron chi connectivity index (χ2n) is 20.6. The molecule has 2 aliphatic rings. The van der Waals surface area contributed by atoms with Crippen LogP contribution < -0.4 is 41.5 Å². The molecule has 90 heavy (non-hydrogen) atoms. The second-order valence-corrected chi connectivity index (χ2v) is 21.0. The number of aryl methyl sites for hydroxylation is 2. The lowest BCUT2D eigenvalue weighted by Gasteiger charge is -2.36. The molecular weight excluding hydrogens is 1190 g/mol. The van der Waals surface area contributed by atoms with E-state index in [4.69, 9.17) is 55.8 Å². The summed E-state index contributed by atoms with van der Waals surface area (Å²) >= 11 is 5.65. The normalized spacial score (nSPS) is 12.7. The van der Waals surface area contributed by atoms with Crippen molar-refractivity contribution in [1.82, 2.24) is 25.3 Å². The molecule has 26 nitrogen and oxygen atoms in total. The molecule has 7 aromatic rings. The highest BCUT2D eigenvalue weighted by molar-refractivity contribution is 7.80. The number of carbonyl (C=O) groups excluding carboxylic acids is 7. The van der Waals surface area contributed by atoms with Crippen molar-refractivity contribution in [1.29, 1.82) is 0 Å². The number of aromatic amines is 1. The average Bonchev–Trinajstić information content (AvgIpc) is 1.41. The van der Waals surface area contributed by atoms with E-state index >= 15 is 0 Å².